The number of rotatable bonds is 7. The number of aryl methyl sites for hydroxylation is 1. The molecule has 0 atom stereocenters. The summed E-state index contributed by atoms with van der Waals surface area (Å²) < 4.78 is 36.5. The largest absolute Gasteiger partial charge is 0.481 e. The zero-order valence-corrected chi connectivity index (χ0v) is 13.7. The summed E-state index contributed by atoms with van der Waals surface area (Å²) in [7, 11) is -4.28. The lowest BCUT2D eigenvalue weighted by Gasteiger charge is -2.06. The van der Waals surface area contributed by atoms with Gasteiger partial charge in [-0.1, -0.05) is 12.1 Å². The number of nitrogens with one attached hydrogen (secondary N) is 1. The van der Waals surface area contributed by atoms with Gasteiger partial charge >= 0.3 is 11.9 Å². The number of hydrogen-bond acceptors (Lipinski definition) is 5. The molecule has 0 aliphatic heterocycles. The second-order valence-corrected chi connectivity index (χ2v) is 6.61. The van der Waals surface area contributed by atoms with Gasteiger partial charge in [-0.05, 0) is 30.5 Å². The molecule has 8 nitrogen and oxygen atoms in total. The number of aromatic amines is 1. The van der Waals surface area contributed by atoms with Gasteiger partial charge in [0.15, 0.2) is 0 Å². The van der Waals surface area contributed by atoms with E-state index in [2.05, 4.69) is 4.98 Å². The van der Waals surface area contributed by atoms with Gasteiger partial charge in [-0.3, -0.25) is 9.35 Å². The molecule has 24 heavy (non-hydrogen) atoms. The smallest absolute Gasteiger partial charge is 0.355 e. The maximum absolute atomic E-state index is 12.1. The number of carbonyl (C=O) groups is 2. The summed E-state index contributed by atoms with van der Waals surface area (Å²) in [5.41, 5.74) is 1.21. The molecule has 1 heterocycles. The molecule has 1 aromatic heterocycles. The molecule has 2 aromatic rings. The Kier molecular flexibility index (Phi) is 5.25. The van der Waals surface area contributed by atoms with Crippen LogP contribution in [0.5, 0.6) is 0 Å². The van der Waals surface area contributed by atoms with E-state index in [1.165, 1.54) is 6.07 Å². The molecule has 9 heteroatoms. The van der Waals surface area contributed by atoms with Crippen LogP contribution in [0.2, 0.25) is 0 Å². The van der Waals surface area contributed by atoms with Crippen LogP contribution < -0.4 is 0 Å². The number of aliphatic carboxylic acids is 1. The monoisotopic (exact) mass is 355 g/mol. The number of fused-ring (bicyclic) bond motifs is 1. The summed E-state index contributed by atoms with van der Waals surface area (Å²) in [6.45, 7) is 1.78. The van der Waals surface area contributed by atoms with Crippen molar-refractivity contribution < 1.29 is 32.4 Å². The average Bonchev–Trinajstić information content (AvgIpc) is 2.83. The molecule has 130 valence electrons. The number of ether oxygens (including phenoxy) is 1. The van der Waals surface area contributed by atoms with Crippen molar-refractivity contribution in [2.45, 2.75) is 25.5 Å². The Morgan fingerprint density at radius 3 is 2.58 bits per heavy atom. The van der Waals surface area contributed by atoms with E-state index in [-0.39, 0.29) is 30.7 Å². The van der Waals surface area contributed by atoms with Crippen molar-refractivity contribution in [1.29, 1.82) is 0 Å². The fraction of sp³-hybridized carbons (Fsp3) is 0.333. The van der Waals surface area contributed by atoms with E-state index in [1.807, 2.05) is 0 Å². The number of carboxylic acids is 1. The molecule has 0 spiro atoms. The Morgan fingerprint density at radius 1 is 1.29 bits per heavy atom. The van der Waals surface area contributed by atoms with E-state index in [1.54, 1.807) is 19.1 Å². The van der Waals surface area contributed by atoms with E-state index in [9.17, 15) is 18.0 Å². The van der Waals surface area contributed by atoms with Gasteiger partial charge in [-0.15, -0.1) is 0 Å². The van der Waals surface area contributed by atoms with Crippen LogP contribution in [-0.2, 0) is 31.8 Å². The van der Waals surface area contributed by atoms with Gasteiger partial charge in [0.2, 0.25) is 0 Å². The predicted octanol–water partition coefficient (Wildman–Crippen LogP) is 1.75. The molecule has 0 radical (unpaired) electrons. The molecule has 3 N–H and O–H groups in total. The van der Waals surface area contributed by atoms with Crippen LogP contribution in [-0.4, -0.2) is 41.6 Å². The first kappa shape index (κ1) is 18.0. The first-order valence-electron chi connectivity index (χ1n) is 7.19. The topological polar surface area (TPSA) is 134 Å². The molecule has 0 saturated carbocycles. The number of H-pyrrole nitrogens is 1. The van der Waals surface area contributed by atoms with Crippen LogP contribution in [0.25, 0.3) is 10.9 Å². The third-order valence-corrected chi connectivity index (χ3v) is 4.10. The minimum atomic E-state index is -4.28. The highest BCUT2D eigenvalue weighted by Crippen LogP contribution is 2.29. The van der Waals surface area contributed by atoms with Crippen LogP contribution in [0.4, 0.5) is 0 Å². The lowest BCUT2D eigenvalue weighted by molar-refractivity contribution is -0.136. The molecule has 0 saturated heterocycles. The quantitative estimate of drug-likeness (QED) is 0.509. The number of hydrogen-bond donors (Lipinski definition) is 3. The fourth-order valence-electron chi connectivity index (χ4n) is 2.57. The highest BCUT2D eigenvalue weighted by Gasteiger charge is 2.22. The third-order valence-electron chi connectivity index (χ3n) is 3.42. The van der Waals surface area contributed by atoms with Crippen molar-refractivity contribution in [1.82, 2.24) is 4.98 Å². The zero-order chi connectivity index (χ0) is 17.9. The van der Waals surface area contributed by atoms with Gasteiger partial charge in [0.1, 0.15) is 11.4 Å². The molecule has 0 aliphatic carbocycles. The Morgan fingerprint density at radius 2 is 2.00 bits per heavy atom. The molecule has 1 aromatic carbocycles. The number of benzene rings is 1. The average molecular weight is 355 g/mol. The highest BCUT2D eigenvalue weighted by molar-refractivity contribution is 7.85. The predicted molar refractivity (Wildman–Crippen MR) is 85.5 cm³/mol. The molecule has 0 amide bonds. The molecular weight excluding hydrogens is 338 g/mol. The number of esters is 1. The SMILES string of the molecule is CCOC(=O)c1[nH]c2cccc(CS(=O)(=O)O)c2c1CCC(=O)O. The number of carboxylic acid groups (broad SMARTS) is 1. The van der Waals surface area contributed by atoms with E-state index >= 15 is 0 Å². The van der Waals surface area contributed by atoms with Gasteiger partial charge in [0.05, 0.1) is 6.61 Å². The molecule has 0 bridgehead atoms. The third kappa shape index (κ3) is 4.12. The Balaban J connectivity index is 2.65. The van der Waals surface area contributed by atoms with Crippen molar-refractivity contribution in [2.75, 3.05) is 6.61 Å². The van der Waals surface area contributed by atoms with Gasteiger partial charge < -0.3 is 14.8 Å². The van der Waals surface area contributed by atoms with Crippen LogP contribution in [0.1, 0.15) is 35.0 Å². The van der Waals surface area contributed by atoms with Crippen LogP contribution in [0.15, 0.2) is 18.2 Å². The highest BCUT2D eigenvalue weighted by atomic mass is 32.2. The second kappa shape index (κ2) is 7.02. The molecule has 0 fully saturated rings. The number of carbonyl (C=O) groups excluding carboxylic acids is 1. The summed E-state index contributed by atoms with van der Waals surface area (Å²) in [5.74, 6) is -2.33. The van der Waals surface area contributed by atoms with Crippen molar-refractivity contribution >= 4 is 33.0 Å². The maximum atomic E-state index is 12.1. The molecule has 2 rings (SSSR count). The second-order valence-electron chi connectivity index (χ2n) is 5.16. The minimum absolute atomic E-state index is 0.0198. The summed E-state index contributed by atoms with van der Waals surface area (Å²) in [4.78, 5) is 25.9. The number of aromatic nitrogens is 1. The van der Waals surface area contributed by atoms with E-state index in [0.717, 1.165) is 0 Å². The molecule has 0 aliphatic rings. The fourth-order valence-corrected chi connectivity index (χ4v) is 3.21. The van der Waals surface area contributed by atoms with Gasteiger partial charge in [0.25, 0.3) is 10.1 Å². The van der Waals surface area contributed by atoms with Crippen molar-refractivity contribution in [3.8, 4) is 0 Å². The summed E-state index contributed by atoms with van der Waals surface area (Å²) in [6, 6.07) is 4.72. The lowest BCUT2D eigenvalue weighted by Crippen LogP contribution is -2.09. The van der Waals surface area contributed by atoms with Gasteiger partial charge in [-0.25, -0.2) is 4.79 Å². The van der Waals surface area contributed by atoms with Crippen LogP contribution in [0.3, 0.4) is 0 Å². The van der Waals surface area contributed by atoms with E-state index in [0.29, 0.717) is 16.5 Å². The Bertz CT molecular complexity index is 883. The Labute approximate surface area is 138 Å². The minimum Gasteiger partial charge on any atom is -0.481 e. The van der Waals surface area contributed by atoms with Crippen molar-refractivity contribution in [3.63, 3.8) is 0 Å². The normalized spacial score (nSPS) is 11.6. The van der Waals surface area contributed by atoms with Gasteiger partial charge in [0, 0.05) is 17.3 Å². The maximum Gasteiger partial charge on any atom is 0.355 e. The van der Waals surface area contributed by atoms with Gasteiger partial charge in [-0.2, -0.15) is 8.42 Å². The zero-order valence-electron chi connectivity index (χ0n) is 12.9. The first-order chi connectivity index (χ1) is 11.2. The van der Waals surface area contributed by atoms with Crippen molar-refractivity contribution in [2.24, 2.45) is 0 Å². The summed E-state index contributed by atoms with van der Waals surface area (Å²) >= 11 is 0. The summed E-state index contributed by atoms with van der Waals surface area (Å²) in [5, 5.41) is 9.33. The molecular formula is C15H17NO7S. The van der Waals surface area contributed by atoms with Crippen molar-refractivity contribution in [3.05, 3.63) is 35.0 Å². The lowest BCUT2D eigenvalue weighted by atomic mass is 10.0. The standard InChI is InChI=1S/C15H17NO7S/c1-2-23-15(19)14-10(6-7-12(17)18)13-9(8-24(20,21)22)4-3-5-11(13)16-14/h3-5,16H,2,6-8H2,1H3,(H,17,18)(H,20,21,22). The first-order valence-corrected chi connectivity index (χ1v) is 8.80. The van der Waals surface area contributed by atoms with E-state index < -0.39 is 27.8 Å². The van der Waals surface area contributed by atoms with Crippen LogP contribution in [0, 0.1) is 0 Å². The summed E-state index contributed by atoms with van der Waals surface area (Å²) in [6.07, 6.45) is -0.217. The Hall–Kier alpha value is -2.39. The molecule has 0 unspecified atom stereocenters. The van der Waals surface area contributed by atoms with Crippen LogP contribution >= 0.6 is 0 Å². The van der Waals surface area contributed by atoms with E-state index in [4.69, 9.17) is 14.4 Å².